The van der Waals surface area contributed by atoms with Gasteiger partial charge in [0.05, 0.1) is 72.8 Å². The Bertz CT molecular complexity index is 5140. The van der Waals surface area contributed by atoms with Crippen LogP contribution in [0, 0.1) is 0 Å². The van der Waals surface area contributed by atoms with Crippen molar-refractivity contribution in [3.63, 3.8) is 0 Å². The highest BCUT2D eigenvalue weighted by Crippen LogP contribution is 2.58. The van der Waals surface area contributed by atoms with Gasteiger partial charge in [-0.25, -0.2) is 4.98 Å². The summed E-state index contributed by atoms with van der Waals surface area (Å²) in [6.45, 7) is 0. The van der Waals surface area contributed by atoms with Crippen LogP contribution < -0.4 is 4.90 Å². The van der Waals surface area contributed by atoms with Gasteiger partial charge in [0.1, 0.15) is 11.5 Å². The van der Waals surface area contributed by atoms with E-state index in [1.165, 1.54) is 43.7 Å². The highest BCUT2D eigenvalue weighted by molar-refractivity contribution is 6.15. The van der Waals surface area contributed by atoms with E-state index in [4.69, 9.17) is 9.97 Å². The first kappa shape index (κ1) is 46.5. The first-order chi connectivity index (χ1) is 41.7. The van der Waals surface area contributed by atoms with Gasteiger partial charge in [0.25, 0.3) is 0 Å². The summed E-state index contributed by atoms with van der Waals surface area (Å²) in [7, 11) is 0. The van der Waals surface area contributed by atoms with Crippen molar-refractivity contribution in [2.24, 2.45) is 0 Å². The molecule has 1 aliphatic rings. The third-order valence-electron chi connectivity index (χ3n) is 17.9. The quantitative estimate of drug-likeness (QED) is 0.160. The Labute approximate surface area is 483 Å². The molecule has 0 unspecified atom stereocenters. The summed E-state index contributed by atoms with van der Waals surface area (Å²) in [4.78, 5) is 13.7. The van der Waals surface area contributed by atoms with Crippen LogP contribution in [0.3, 0.4) is 0 Å². The number of fused-ring (bicyclic) bond motifs is 14. The van der Waals surface area contributed by atoms with E-state index in [9.17, 15) is 0 Å². The summed E-state index contributed by atoms with van der Waals surface area (Å²) in [6.07, 6.45) is 3.99. The molecule has 18 rings (SSSR count). The van der Waals surface area contributed by atoms with Crippen molar-refractivity contribution in [2.45, 2.75) is 5.41 Å². The van der Waals surface area contributed by atoms with E-state index in [0.29, 0.717) is 0 Å². The predicted octanol–water partition coefficient (Wildman–Crippen LogP) is 19.0. The van der Waals surface area contributed by atoms with Crippen LogP contribution >= 0.6 is 0 Å². The smallest absolute Gasteiger partial charge is 0.166 e. The van der Waals surface area contributed by atoms with E-state index in [1.54, 1.807) is 0 Å². The van der Waals surface area contributed by atoms with Crippen LogP contribution in [0.2, 0.25) is 0 Å². The maximum absolute atomic E-state index is 6.28. The molecule has 0 saturated heterocycles. The van der Waals surface area contributed by atoms with E-state index < -0.39 is 5.41 Å². The summed E-state index contributed by atoms with van der Waals surface area (Å²) in [5.74, 6) is 1.53. The minimum absolute atomic E-state index is 0.708. The van der Waals surface area contributed by atoms with Crippen LogP contribution in [0.4, 0.5) is 17.2 Å². The lowest BCUT2D eigenvalue weighted by atomic mass is 9.62. The molecule has 7 heterocycles. The molecule has 11 aromatic carbocycles. The summed E-state index contributed by atoms with van der Waals surface area (Å²) >= 11 is 0. The maximum Gasteiger partial charge on any atom is 0.166 e. The number of hydrogen-bond acceptors (Lipinski definition) is 3. The number of para-hydroxylation sites is 8. The fourth-order valence-corrected chi connectivity index (χ4v) is 14.6. The van der Waals surface area contributed by atoms with Crippen molar-refractivity contribution in [1.82, 2.24) is 28.2 Å². The fraction of sp³-hybridized carbons (Fsp3) is 0.0130. The molecule has 0 aliphatic carbocycles. The molecule has 84 heavy (non-hydrogen) atoms. The summed E-state index contributed by atoms with van der Waals surface area (Å²) in [6, 6.07) is 104. The van der Waals surface area contributed by atoms with E-state index in [2.05, 4.69) is 308 Å². The highest BCUT2D eigenvalue weighted by atomic mass is 15.3. The largest absolute Gasteiger partial charge is 0.309 e. The molecule has 0 atom stereocenters. The van der Waals surface area contributed by atoms with Gasteiger partial charge in [-0.1, -0.05) is 206 Å². The van der Waals surface area contributed by atoms with E-state index in [1.807, 2.05) is 12.4 Å². The Balaban J connectivity index is 1.02. The normalized spacial score (nSPS) is 13.1. The second-order valence-electron chi connectivity index (χ2n) is 22.1. The monoisotopic (exact) mass is 1070 g/mol. The van der Waals surface area contributed by atoms with Gasteiger partial charge in [0, 0.05) is 61.0 Å². The Morgan fingerprint density at radius 1 is 0.286 bits per heavy atom. The van der Waals surface area contributed by atoms with Crippen molar-refractivity contribution < 1.29 is 0 Å². The Hall–Kier alpha value is -11.3. The van der Waals surface area contributed by atoms with Crippen LogP contribution in [0.1, 0.15) is 22.3 Å². The van der Waals surface area contributed by atoms with E-state index in [0.717, 1.165) is 106 Å². The lowest BCUT2D eigenvalue weighted by molar-refractivity contribution is 0.727. The highest BCUT2D eigenvalue weighted by Gasteiger charge is 2.47. The topological polar surface area (TPSA) is 48.7 Å². The van der Waals surface area contributed by atoms with Crippen LogP contribution in [0.5, 0.6) is 0 Å². The summed E-state index contributed by atoms with van der Waals surface area (Å²) < 4.78 is 9.84. The molecule has 0 fully saturated rings. The van der Waals surface area contributed by atoms with Crippen LogP contribution in [0.25, 0.3) is 110 Å². The molecule has 7 heteroatoms. The number of anilines is 3. The molecule has 0 bridgehead atoms. The van der Waals surface area contributed by atoms with Gasteiger partial charge >= 0.3 is 0 Å². The zero-order chi connectivity index (χ0) is 55.0. The number of rotatable bonds is 7. The Kier molecular flexibility index (Phi) is 9.88. The lowest BCUT2D eigenvalue weighted by Gasteiger charge is -2.46. The molecular formula is C77H49N7. The van der Waals surface area contributed by atoms with Crippen molar-refractivity contribution in [1.29, 1.82) is 0 Å². The van der Waals surface area contributed by atoms with Crippen molar-refractivity contribution in [3.05, 3.63) is 320 Å². The Morgan fingerprint density at radius 2 is 0.690 bits per heavy atom. The molecule has 17 aromatic rings. The molecule has 0 spiro atoms. The van der Waals surface area contributed by atoms with Gasteiger partial charge in [0.2, 0.25) is 0 Å². The number of aromatic nitrogens is 6. The van der Waals surface area contributed by atoms with Gasteiger partial charge in [-0.15, -0.1) is 0 Å². The Morgan fingerprint density at radius 3 is 1.21 bits per heavy atom. The van der Waals surface area contributed by atoms with Crippen molar-refractivity contribution >= 4 is 104 Å². The van der Waals surface area contributed by atoms with Crippen molar-refractivity contribution in [3.8, 4) is 22.9 Å². The maximum atomic E-state index is 6.28. The first-order valence-electron chi connectivity index (χ1n) is 28.7. The number of nitrogens with zero attached hydrogens (tertiary/aromatic N) is 7. The molecule has 7 nitrogen and oxygen atoms in total. The minimum Gasteiger partial charge on any atom is -0.309 e. The van der Waals surface area contributed by atoms with Crippen molar-refractivity contribution in [2.75, 3.05) is 4.90 Å². The third-order valence-corrected chi connectivity index (χ3v) is 17.9. The molecule has 0 saturated carbocycles. The van der Waals surface area contributed by atoms with Gasteiger partial charge in [-0.3, -0.25) is 14.5 Å². The second kappa shape index (κ2) is 17.9. The fourth-order valence-electron chi connectivity index (χ4n) is 14.6. The van der Waals surface area contributed by atoms with Gasteiger partial charge in [-0.05, 0) is 95.1 Å². The molecule has 0 radical (unpaired) electrons. The zero-order valence-corrected chi connectivity index (χ0v) is 45.4. The molecule has 0 N–H and O–H groups in total. The number of hydrogen-bond donors (Lipinski definition) is 0. The van der Waals surface area contributed by atoms with Crippen LogP contribution in [-0.4, -0.2) is 28.2 Å². The van der Waals surface area contributed by atoms with E-state index in [-0.39, 0.29) is 0 Å². The third kappa shape index (κ3) is 6.35. The summed E-state index contributed by atoms with van der Waals surface area (Å²) in [5, 5.41) is 9.38. The average molecular weight is 1070 g/mol. The zero-order valence-electron chi connectivity index (χ0n) is 45.4. The standard InChI is InChI=1S/C77H49N7/c1-3-23-50(24-4-1)77(51-25-5-2-6-26-51)61-34-14-22-42-71(61)82(73-49-78-46-45-62(73)77)74-48-72(81-65-37-17-9-29-55(65)56-30-10-18-38-66(56)81)75(76(79-74)84-68-40-20-11-31-57(68)58-32-12-21-41-69(58)84)83-67-39-19-13-33-59(67)60-47-52(43-44-70(60)83)80-63-35-15-7-27-53(63)54-28-8-16-36-64(54)80/h1-49H. The minimum atomic E-state index is -0.708. The average Bonchev–Trinajstić information content (AvgIpc) is 1.82. The predicted molar refractivity (Wildman–Crippen MR) is 346 cm³/mol. The van der Waals surface area contributed by atoms with Gasteiger partial charge < -0.3 is 13.7 Å². The van der Waals surface area contributed by atoms with E-state index >= 15 is 0 Å². The summed E-state index contributed by atoms with van der Waals surface area (Å²) in [5.41, 5.74) is 17.6. The van der Waals surface area contributed by atoms with Crippen LogP contribution in [-0.2, 0) is 5.41 Å². The molecule has 1 aliphatic heterocycles. The molecular weight excluding hydrogens is 1020 g/mol. The number of benzene rings is 11. The number of pyridine rings is 2. The molecule has 0 amide bonds. The lowest BCUT2D eigenvalue weighted by Crippen LogP contribution is -2.38. The van der Waals surface area contributed by atoms with Crippen LogP contribution in [0.15, 0.2) is 298 Å². The molecule has 6 aromatic heterocycles. The second-order valence-corrected chi connectivity index (χ2v) is 22.1. The SMILES string of the molecule is c1ccc(C2(c3ccccc3)c3ccccc3N(c3cc(-n4c5ccccc5c5ccccc54)c(-n4c5ccccc5c5cc(-n6c7ccccc7c7ccccc76)ccc54)c(-n4c5ccccc5c5ccccc54)n3)c3cnccc32)cc1. The molecule has 392 valence electrons. The first-order valence-corrected chi connectivity index (χ1v) is 28.7. The van der Waals surface area contributed by atoms with Gasteiger partial charge in [0.15, 0.2) is 5.82 Å². The van der Waals surface area contributed by atoms with Gasteiger partial charge in [-0.2, -0.15) is 0 Å².